The van der Waals surface area contributed by atoms with Crippen LogP contribution in [0.4, 0.5) is 5.69 Å². The number of likely N-dealkylation sites (N-methyl/N-ethyl adjacent to an activating group) is 1. The Balaban J connectivity index is 2.02. The van der Waals surface area contributed by atoms with Gasteiger partial charge in [0.2, 0.25) is 15.9 Å². The zero-order chi connectivity index (χ0) is 23.6. The SMILES string of the molecule is CCOc1ccc(NC(=O)CN(C)S(=O)(=O)c2ccc(OCCOC)cc2)cc1OCC. The summed E-state index contributed by atoms with van der Waals surface area (Å²) in [7, 11) is -0.934. The molecule has 10 heteroatoms. The van der Waals surface area contributed by atoms with E-state index < -0.39 is 15.9 Å². The van der Waals surface area contributed by atoms with Gasteiger partial charge >= 0.3 is 0 Å². The quantitative estimate of drug-likeness (QED) is 0.453. The van der Waals surface area contributed by atoms with Gasteiger partial charge in [0, 0.05) is 25.9 Å². The highest BCUT2D eigenvalue weighted by Gasteiger charge is 2.23. The average molecular weight is 467 g/mol. The van der Waals surface area contributed by atoms with Gasteiger partial charge in [0.1, 0.15) is 12.4 Å². The van der Waals surface area contributed by atoms with Crippen LogP contribution >= 0.6 is 0 Å². The molecule has 0 saturated heterocycles. The lowest BCUT2D eigenvalue weighted by Crippen LogP contribution is -2.34. The zero-order valence-corrected chi connectivity index (χ0v) is 19.6. The van der Waals surface area contributed by atoms with Crippen molar-refractivity contribution in [2.45, 2.75) is 18.7 Å². The Labute approximate surface area is 189 Å². The van der Waals surface area contributed by atoms with Crippen molar-refractivity contribution in [2.24, 2.45) is 0 Å². The number of carbonyl (C=O) groups is 1. The van der Waals surface area contributed by atoms with E-state index in [4.69, 9.17) is 18.9 Å². The van der Waals surface area contributed by atoms with Crippen LogP contribution in [-0.4, -0.2) is 65.8 Å². The molecule has 2 aromatic carbocycles. The third-order valence-electron chi connectivity index (χ3n) is 4.28. The van der Waals surface area contributed by atoms with Gasteiger partial charge in [-0.1, -0.05) is 0 Å². The smallest absolute Gasteiger partial charge is 0.243 e. The van der Waals surface area contributed by atoms with Crippen molar-refractivity contribution in [2.75, 3.05) is 52.4 Å². The van der Waals surface area contributed by atoms with Crippen LogP contribution in [0.3, 0.4) is 0 Å². The molecule has 0 atom stereocenters. The first kappa shape index (κ1) is 25.4. The van der Waals surface area contributed by atoms with Crippen LogP contribution in [0.25, 0.3) is 0 Å². The number of ether oxygens (including phenoxy) is 4. The van der Waals surface area contributed by atoms with Crippen LogP contribution in [-0.2, 0) is 19.6 Å². The van der Waals surface area contributed by atoms with E-state index in [0.717, 1.165) is 4.31 Å². The summed E-state index contributed by atoms with van der Waals surface area (Å²) in [5, 5.41) is 2.69. The van der Waals surface area contributed by atoms with E-state index in [1.165, 1.54) is 19.2 Å². The number of nitrogens with zero attached hydrogens (tertiary/aromatic N) is 1. The Kier molecular flexibility index (Phi) is 9.76. The molecule has 1 N–H and O–H groups in total. The highest BCUT2D eigenvalue weighted by molar-refractivity contribution is 7.89. The highest BCUT2D eigenvalue weighted by atomic mass is 32.2. The number of hydrogen-bond donors (Lipinski definition) is 1. The maximum absolute atomic E-state index is 12.8. The van der Waals surface area contributed by atoms with Crippen molar-refractivity contribution < 1.29 is 32.2 Å². The molecular weight excluding hydrogens is 436 g/mol. The van der Waals surface area contributed by atoms with E-state index in [-0.39, 0.29) is 11.4 Å². The second kappa shape index (κ2) is 12.3. The number of rotatable bonds is 13. The van der Waals surface area contributed by atoms with Crippen LogP contribution in [0.5, 0.6) is 17.2 Å². The Morgan fingerprint density at radius 2 is 1.59 bits per heavy atom. The Hall–Kier alpha value is -2.82. The minimum absolute atomic E-state index is 0.0617. The molecule has 0 aromatic heterocycles. The van der Waals surface area contributed by atoms with Crippen molar-refractivity contribution in [1.29, 1.82) is 0 Å². The molecule has 0 aliphatic carbocycles. The molecule has 32 heavy (non-hydrogen) atoms. The number of methoxy groups -OCH3 is 1. The van der Waals surface area contributed by atoms with Crippen LogP contribution in [0, 0.1) is 0 Å². The molecule has 0 fully saturated rings. The second-order valence-electron chi connectivity index (χ2n) is 6.65. The lowest BCUT2D eigenvalue weighted by Gasteiger charge is -2.18. The second-order valence-corrected chi connectivity index (χ2v) is 8.69. The first-order chi connectivity index (χ1) is 15.3. The predicted octanol–water partition coefficient (Wildman–Crippen LogP) is 2.77. The summed E-state index contributed by atoms with van der Waals surface area (Å²) in [4.78, 5) is 12.5. The van der Waals surface area contributed by atoms with E-state index in [1.807, 2.05) is 13.8 Å². The third kappa shape index (κ3) is 7.11. The summed E-state index contributed by atoms with van der Waals surface area (Å²) in [6.45, 7) is 5.06. The van der Waals surface area contributed by atoms with Crippen LogP contribution < -0.4 is 19.5 Å². The van der Waals surface area contributed by atoms with Gasteiger partial charge in [-0.3, -0.25) is 4.79 Å². The lowest BCUT2D eigenvalue weighted by molar-refractivity contribution is -0.116. The van der Waals surface area contributed by atoms with E-state index in [2.05, 4.69) is 5.32 Å². The number of amides is 1. The Morgan fingerprint density at radius 1 is 0.938 bits per heavy atom. The van der Waals surface area contributed by atoms with Gasteiger partial charge in [0.05, 0.1) is 31.3 Å². The number of sulfonamides is 1. The number of nitrogens with one attached hydrogen (secondary N) is 1. The number of hydrogen-bond acceptors (Lipinski definition) is 7. The third-order valence-corrected chi connectivity index (χ3v) is 6.10. The first-order valence-corrected chi connectivity index (χ1v) is 11.6. The minimum Gasteiger partial charge on any atom is -0.491 e. The lowest BCUT2D eigenvalue weighted by atomic mass is 10.2. The summed E-state index contributed by atoms with van der Waals surface area (Å²) >= 11 is 0. The summed E-state index contributed by atoms with van der Waals surface area (Å²) in [5.41, 5.74) is 0.477. The molecule has 0 aliphatic heterocycles. The fourth-order valence-electron chi connectivity index (χ4n) is 2.75. The zero-order valence-electron chi connectivity index (χ0n) is 18.8. The molecule has 9 nitrogen and oxygen atoms in total. The predicted molar refractivity (Wildman–Crippen MR) is 121 cm³/mol. The molecule has 2 aromatic rings. The van der Waals surface area contributed by atoms with E-state index in [9.17, 15) is 13.2 Å². The van der Waals surface area contributed by atoms with Gasteiger partial charge in [-0.25, -0.2) is 8.42 Å². The maximum atomic E-state index is 12.8. The van der Waals surface area contributed by atoms with Gasteiger partial charge < -0.3 is 24.3 Å². The highest BCUT2D eigenvalue weighted by Crippen LogP contribution is 2.30. The average Bonchev–Trinajstić information content (AvgIpc) is 2.76. The van der Waals surface area contributed by atoms with Gasteiger partial charge in [0.15, 0.2) is 11.5 Å². The van der Waals surface area contributed by atoms with Crippen LogP contribution in [0.15, 0.2) is 47.4 Å². The molecule has 0 heterocycles. The molecule has 0 aliphatic rings. The first-order valence-electron chi connectivity index (χ1n) is 10.2. The molecule has 1 amide bonds. The maximum Gasteiger partial charge on any atom is 0.243 e. The van der Waals surface area contributed by atoms with Crippen molar-refractivity contribution in [3.63, 3.8) is 0 Å². The van der Waals surface area contributed by atoms with Gasteiger partial charge in [0.25, 0.3) is 0 Å². The van der Waals surface area contributed by atoms with Crippen LogP contribution in [0.1, 0.15) is 13.8 Å². The monoisotopic (exact) mass is 466 g/mol. The summed E-state index contributed by atoms with van der Waals surface area (Å²) in [6, 6.07) is 11.0. The molecule has 0 radical (unpaired) electrons. The summed E-state index contributed by atoms with van der Waals surface area (Å²) in [6.07, 6.45) is 0. The molecule has 0 saturated carbocycles. The van der Waals surface area contributed by atoms with Gasteiger partial charge in [-0.15, -0.1) is 0 Å². The minimum atomic E-state index is -3.85. The summed E-state index contributed by atoms with van der Waals surface area (Å²) < 4.78 is 48.0. The van der Waals surface area contributed by atoms with Crippen molar-refractivity contribution in [1.82, 2.24) is 4.31 Å². The van der Waals surface area contributed by atoms with E-state index in [0.29, 0.717) is 49.4 Å². The molecule has 0 bridgehead atoms. The molecular formula is C22H30N2O7S. The molecule has 2 rings (SSSR count). The number of benzene rings is 2. The Morgan fingerprint density at radius 3 is 2.22 bits per heavy atom. The van der Waals surface area contributed by atoms with Crippen molar-refractivity contribution in [3.8, 4) is 17.2 Å². The molecule has 0 unspecified atom stereocenters. The van der Waals surface area contributed by atoms with E-state index in [1.54, 1.807) is 37.4 Å². The van der Waals surface area contributed by atoms with Gasteiger partial charge in [-0.2, -0.15) is 4.31 Å². The normalized spacial score (nSPS) is 11.3. The van der Waals surface area contributed by atoms with Crippen molar-refractivity contribution in [3.05, 3.63) is 42.5 Å². The Bertz CT molecular complexity index is 978. The topological polar surface area (TPSA) is 103 Å². The van der Waals surface area contributed by atoms with Crippen molar-refractivity contribution >= 4 is 21.6 Å². The van der Waals surface area contributed by atoms with Crippen LogP contribution in [0.2, 0.25) is 0 Å². The molecule has 176 valence electrons. The summed E-state index contributed by atoms with van der Waals surface area (Å²) in [5.74, 6) is 1.12. The largest absolute Gasteiger partial charge is 0.491 e. The fourth-order valence-corrected chi connectivity index (χ4v) is 3.87. The standard InChI is InChI=1S/C22H30N2O7S/c1-5-29-20-12-7-17(15-21(20)30-6-2)23-22(25)16-24(3)32(26,27)19-10-8-18(9-11-19)31-14-13-28-4/h7-12,15H,5-6,13-14,16H2,1-4H3,(H,23,25). The molecule has 0 spiro atoms. The van der Waals surface area contributed by atoms with E-state index >= 15 is 0 Å². The number of carbonyl (C=O) groups excluding carboxylic acids is 1. The fraction of sp³-hybridized carbons (Fsp3) is 0.409. The van der Waals surface area contributed by atoms with Gasteiger partial charge in [-0.05, 0) is 50.2 Å². The number of anilines is 1.